The zero-order valence-electron chi connectivity index (χ0n) is 15.9. The van der Waals surface area contributed by atoms with Crippen LogP contribution in [0.3, 0.4) is 0 Å². The number of hydrogen-bond donors (Lipinski definition) is 2. The molecule has 8 nitrogen and oxygen atoms in total. The van der Waals surface area contributed by atoms with Crippen LogP contribution < -0.4 is 5.69 Å². The summed E-state index contributed by atoms with van der Waals surface area (Å²) in [6, 6.07) is 5.45. The SMILES string of the molecule is COCC1(C(=O)O)CCN(C(=O)c2ccc3c(c2)[nH]c(=O)n3C2CCCC2)C1. The smallest absolute Gasteiger partial charge is 0.326 e. The van der Waals surface area contributed by atoms with Crippen molar-refractivity contribution in [3.63, 3.8) is 0 Å². The molecule has 1 unspecified atom stereocenters. The number of fused-ring (bicyclic) bond motifs is 1. The number of carbonyl (C=O) groups is 2. The predicted octanol–water partition coefficient (Wildman–Crippen LogP) is 2.01. The highest BCUT2D eigenvalue weighted by Crippen LogP contribution is 2.33. The molecule has 1 aliphatic carbocycles. The molecule has 1 aromatic carbocycles. The summed E-state index contributed by atoms with van der Waals surface area (Å²) in [4.78, 5) is 41.5. The Morgan fingerprint density at radius 3 is 2.75 bits per heavy atom. The van der Waals surface area contributed by atoms with Crippen LogP contribution in [-0.4, -0.2) is 58.2 Å². The lowest BCUT2D eigenvalue weighted by Gasteiger charge is -2.23. The van der Waals surface area contributed by atoms with Crippen LogP contribution in [0.4, 0.5) is 0 Å². The van der Waals surface area contributed by atoms with Gasteiger partial charge in [0.15, 0.2) is 0 Å². The Balaban J connectivity index is 1.60. The molecule has 1 amide bonds. The number of ether oxygens (including phenoxy) is 1. The maximum Gasteiger partial charge on any atom is 0.326 e. The normalized spacial score (nSPS) is 23.0. The Bertz CT molecular complexity index is 972. The number of methoxy groups -OCH3 is 1. The molecule has 0 bridgehead atoms. The van der Waals surface area contributed by atoms with Crippen molar-refractivity contribution >= 4 is 22.9 Å². The number of imidazole rings is 1. The Morgan fingerprint density at radius 2 is 2.07 bits per heavy atom. The second kappa shape index (κ2) is 7.09. The molecule has 1 aliphatic heterocycles. The van der Waals surface area contributed by atoms with Crippen molar-refractivity contribution in [2.24, 2.45) is 5.41 Å². The van der Waals surface area contributed by atoms with Gasteiger partial charge in [0.2, 0.25) is 0 Å². The molecule has 8 heteroatoms. The average molecular weight is 387 g/mol. The minimum absolute atomic E-state index is 0.0721. The zero-order chi connectivity index (χ0) is 19.9. The molecule has 2 fully saturated rings. The van der Waals surface area contributed by atoms with Gasteiger partial charge in [-0.3, -0.25) is 14.2 Å². The number of amides is 1. The lowest BCUT2D eigenvalue weighted by Crippen LogP contribution is -2.40. The number of aromatic nitrogens is 2. The summed E-state index contributed by atoms with van der Waals surface area (Å²) in [6.07, 6.45) is 4.61. The molecule has 28 heavy (non-hydrogen) atoms. The van der Waals surface area contributed by atoms with Crippen LogP contribution in [0.1, 0.15) is 48.5 Å². The monoisotopic (exact) mass is 387 g/mol. The molecule has 2 aliphatic rings. The van der Waals surface area contributed by atoms with Gasteiger partial charge in [-0.05, 0) is 37.5 Å². The van der Waals surface area contributed by atoms with E-state index in [1.807, 2.05) is 6.07 Å². The third kappa shape index (κ3) is 3.01. The number of benzene rings is 1. The van der Waals surface area contributed by atoms with Crippen molar-refractivity contribution in [3.8, 4) is 0 Å². The molecule has 4 rings (SSSR count). The molecular weight excluding hydrogens is 362 g/mol. The molecule has 150 valence electrons. The number of rotatable bonds is 5. The number of aromatic amines is 1. The number of likely N-dealkylation sites (tertiary alicyclic amines) is 1. The fourth-order valence-electron chi connectivity index (χ4n) is 4.65. The summed E-state index contributed by atoms with van der Waals surface area (Å²) >= 11 is 0. The summed E-state index contributed by atoms with van der Waals surface area (Å²) in [5, 5.41) is 9.58. The second-order valence-electron chi connectivity index (χ2n) is 7.97. The zero-order valence-corrected chi connectivity index (χ0v) is 15.9. The summed E-state index contributed by atoms with van der Waals surface area (Å²) < 4.78 is 6.89. The van der Waals surface area contributed by atoms with Gasteiger partial charge >= 0.3 is 11.7 Å². The molecule has 2 aromatic rings. The molecule has 1 saturated heterocycles. The standard InChI is InChI=1S/C20H25N3O5/c1-28-12-20(18(25)26)8-9-22(11-20)17(24)13-6-7-16-15(10-13)21-19(27)23(16)14-4-2-3-5-14/h6-7,10,14H,2-5,8-9,11-12H2,1H3,(H,21,27)(H,25,26). The van der Waals surface area contributed by atoms with E-state index in [2.05, 4.69) is 4.98 Å². The largest absolute Gasteiger partial charge is 0.481 e. The quantitative estimate of drug-likeness (QED) is 0.817. The number of nitrogens with one attached hydrogen (secondary N) is 1. The maximum atomic E-state index is 12.9. The van der Waals surface area contributed by atoms with Crippen molar-refractivity contribution in [1.82, 2.24) is 14.5 Å². The van der Waals surface area contributed by atoms with Crippen molar-refractivity contribution in [2.45, 2.75) is 38.1 Å². The first-order chi connectivity index (χ1) is 13.4. The first-order valence-corrected chi connectivity index (χ1v) is 9.71. The van der Waals surface area contributed by atoms with E-state index in [-0.39, 0.29) is 30.8 Å². The van der Waals surface area contributed by atoms with E-state index in [9.17, 15) is 19.5 Å². The number of carboxylic acids is 1. The lowest BCUT2D eigenvalue weighted by atomic mass is 9.88. The Morgan fingerprint density at radius 1 is 1.32 bits per heavy atom. The second-order valence-corrected chi connectivity index (χ2v) is 7.97. The molecule has 0 spiro atoms. The van der Waals surface area contributed by atoms with E-state index in [1.165, 1.54) is 7.11 Å². The van der Waals surface area contributed by atoms with E-state index in [0.717, 1.165) is 31.2 Å². The molecule has 0 radical (unpaired) electrons. The molecule has 2 N–H and O–H groups in total. The van der Waals surface area contributed by atoms with Crippen molar-refractivity contribution in [1.29, 1.82) is 0 Å². The van der Waals surface area contributed by atoms with Crippen molar-refractivity contribution < 1.29 is 19.4 Å². The molecule has 1 saturated carbocycles. The first kappa shape index (κ1) is 18.7. The van der Waals surface area contributed by atoms with Crippen LogP contribution in [0.5, 0.6) is 0 Å². The average Bonchev–Trinajstić information content (AvgIpc) is 3.38. The number of hydrogen-bond acceptors (Lipinski definition) is 4. The molecule has 1 aromatic heterocycles. The van der Waals surface area contributed by atoms with Crippen LogP contribution in [-0.2, 0) is 9.53 Å². The Hall–Kier alpha value is -2.61. The minimum Gasteiger partial charge on any atom is -0.481 e. The van der Waals surface area contributed by atoms with Crippen LogP contribution in [0.15, 0.2) is 23.0 Å². The fraction of sp³-hybridized carbons (Fsp3) is 0.550. The van der Waals surface area contributed by atoms with Crippen molar-refractivity contribution in [2.75, 3.05) is 26.8 Å². The Labute approximate surface area is 162 Å². The van der Waals surface area contributed by atoms with Crippen LogP contribution in [0, 0.1) is 5.41 Å². The third-order valence-electron chi connectivity index (χ3n) is 6.17. The number of aliphatic carboxylic acids is 1. The molecule has 1 atom stereocenters. The van der Waals surface area contributed by atoms with Gasteiger partial charge in [0.1, 0.15) is 5.41 Å². The van der Waals surface area contributed by atoms with E-state index in [0.29, 0.717) is 24.0 Å². The summed E-state index contributed by atoms with van der Waals surface area (Å²) in [6.45, 7) is 0.557. The van der Waals surface area contributed by atoms with E-state index in [1.54, 1.807) is 21.6 Å². The van der Waals surface area contributed by atoms with Gasteiger partial charge in [0, 0.05) is 31.8 Å². The maximum absolute atomic E-state index is 12.9. The van der Waals surface area contributed by atoms with E-state index >= 15 is 0 Å². The van der Waals surface area contributed by atoms with Crippen LogP contribution in [0.2, 0.25) is 0 Å². The minimum atomic E-state index is -1.06. The highest BCUT2D eigenvalue weighted by atomic mass is 16.5. The van der Waals surface area contributed by atoms with Gasteiger partial charge in [-0.2, -0.15) is 0 Å². The number of H-pyrrole nitrogens is 1. The van der Waals surface area contributed by atoms with Gasteiger partial charge < -0.3 is 19.7 Å². The third-order valence-corrected chi connectivity index (χ3v) is 6.17. The molecule has 2 heterocycles. The van der Waals surface area contributed by atoms with Crippen LogP contribution >= 0.6 is 0 Å². The number of carbonyl (C=O) groups excluding carboxylic acids is 1. The summed E-state index contributed by atoms with van der Waals surface area (Å²) in [5.41, 5.74) is 0.704. The highest BCUT2D eigenvalue weighted by molar-refractivity contribution is 5.98. The Kier molecular flexibility index (Phi) is 4.74. The van der Waals surface area contributed by atoms with E-state index < -0.39 is 11.4 Å². The van der Waals surface area contributed by atoms with Gasteiger partial charge in [-0.15, -0.1) is 0 Å². The van der Waals surface area contributed by atoms with Gasteiger partial charge in [-0.25, -0.2) is 4.79 Å². The molecular formula is C20H25N3O5. The number of carboxylic acid groups (broad SMARTS) is 1. The van der Waals surface area contributed by atoms with Gasteiger partial charge in [0.05, 0.1) is 17.6 Å². The van der Waals surface area contributed by atoms with Gasteiger partial charge in [-0.1, -0.05) is 12.8 Å². The lowest BCUT2D eigenvalue weighted by molar-refractivity contribution is -0.151. The summed E-state index contributed by atoms with van der Waals surface area (Å²) in [7, 11) is 1.47. The predicted molar refractivity (Wildman–Crippen MR) is 103 cm³/mol. The topological polar surface area (TPSA) is 105 Å². The van der Waals surface area contributed by atoms with Gasteiger partial charge in [0.25, 0.3) is 5.91 Å². The fourth-order valence-corrected chi connectivity index (χ4v) is 4.65. The van der Waals surface area contributed by atoms with E-state index in [4.69, 9.17) is 4.74 Å². The summed E-state index contributed by atoms with van der Waals surface area (Å²) in [5.74, 6) is -1.17. The van der Waals surface area contributed by atoms with Crippen LogP contribution in [0.25, 0.3) is 11.0 Å². The van der Waals surface area contributed by atoms with Crippen molar-refractivity contribution in [3.05, 3.63) is 34.2 Å². The number of nitrogens with zero attached hydrogens (tertiary/aromatic N) is 2. The first-order valence-electron chi connectivity index (χ1n) is 9.71. The highest BCUT2D eigenvalue weighted by Gasteiger charge is 2.46.